The molecule has 0 saturated carbocycles. The third kappa shape index (κ3) is 6.17. The average molecular weight is 256 g/mol. The minimum atomic E-state index is 0.467. The number of hydrogen-bond acceptors (Lipinski definition) is 3. The van der Waals surface area contributed by atoms with Gasteiger partial charge in [-0.3, -0.25) is 0 Å². The van der Waals surface area contributed by atoms with E-state index >= 15 is 0 Å². The van der Waals surface area contributed by atoms with E-state index in [9.17, 15) is 0 Å². The topological polar surface area (TPSA) is 38.5 Å². The van der Waals surface area contributed by atoms with Crippen LogP contribution in [0.3, 0.4) is 0 Å². The zero-order chi connectivity index (χ0) is 13.2. The molecule has 1 heterocycles. The highest BCUT2D eigenvalue weighted by molar-refractivity contribution is 4.73. The van der Waals surface area contributed by atoms with Gasteiger partial charge in [0, 0.05) is 13.7 Å². The van der Waals surface area contributed by atoms with Crippen molar-refractivity contribution >= 4 is 0 Å². The molecule has 0 aromatic rings. The van der Waals surface area contributed by atoms with Gasteiger partial charge in [-0.2, -0.15) is 0 Å². The molecule has 2 N–H and O–H groups in total. The molecule has 3 nitrogen and oxygen atoms in total. The van der Waals surface area contributed by atoms with Crippen LogP contribution in [0.5, 0.6) is 0 Å². The number of nitrogens with zero attached hydrogens (tertiary/aromatic N) is 1. The zero-order valence-electron chi connectivity index (χ0n) is 12.4. The third-order valence-electron chi connectivity index (χ3n) is 4.15. The molecule has 1 aliphatic heterocycles. The minimum absolute atomic E-state index is 0.467. The molecule has 18 heavy (non-hydrogen) atoms. The second-order valence-electron chi connectivity index (χ2n) is 5.67. The first kappa shape index (κ1) is 15.9. The Balaban J connectivity index is 2.15. The lowest BCUT2D eigenvalue weighted by atomic mass is 9.94. The summed E-state index contributed by atoms with van der Waals surface area (Å²) in [5.74, 6) is 0.850. The number of nitrogens with two attached hydrogens (primary N) is 1. The van der Waals surface area contributed by atoms with Crippen molar-refractivity contribution in [1.29, 1.82) is 0 Å². The van der Waals surface area contributed by atoms with Crippen molar-refractivity contribution in [3.05, 3.63) is 0 Å². The van der Waals surface area contributed by atoms with Gasteiger partial charge in [0.05, 0.1) is 6.10 Å². The molecule has 108 valence electrons. The van der Waals surface area contributed by atoms with Crippen molar-refractivity contribution in [1.82, 2.24) is 4.90 Å². The van der Waals surface area contributed by atoms with Crippen molar-refractivity contribution in [3.8, 4) is 0 Å². The summed E-state index contributed by atoms with van der Waals surface area (Å²) in [6.45, 7) is 6.75. The van der Waals surface area contributed by atoms with Crippen LogP contribution in [0, 0.1) is 5.92 Å². The van der Waals surface area contributed by atoms with Gasteiger partial charge in [0.15, 0.2) is 0 Å². The largest absolute Gasteiger partial charge is 0.380 e. The van der Waals surface area contributed by atoms with E-state index in [-0.39, 0.29) is 0 Å². The lowest BCUT2D eigenvalue weighted by Gasteiger charge is -2.32. The first-order chi connectivity index (χ1) is 8.80. The molecule has 0 spiro atoms. The van der Waals surface area contributed by atoms with Crippen LogP contribution in [-0.4, -0.2) is 44.3 Å². The summed E-state index contributed by atoms with van der Waals surface area (Å²) in [6.07, 6.45) is 9.50. The summed E-state index contributed by atoms with van der Waals surface area (Å²) in [5, 5.41) is 0. The quantitative estimate of drug-likeness (QED) is 0.689. The number of methoxy groups -OCH3 is 1. The number of likely N-dealkylation sites (tertiary alicyclic amines) is 1. The molecule has 2 atom stereocenters. The van der Waals surface area contributed by atoms with Crippen LogP contribution in [0.1, 0.15) is 51.9 Å². The Hall–Kier alpha value is -0.120. The van der Waals surface area contributed by atoms with Crippen molar-refractivity contribution in [2.24, 2.45) is 11.7 Å². The first-order valence-electron chi connectivity index (χ1n) is 7.75. The molecule has 0 bridgehead atoms. The molecule has 1 fully saturated rings. The molecule has 0 amide bonds. The van der Waals surface area contributed by atoms with Crippen molar-refractivity contribution in [2.45, 2.75) is 58.0 Å². The fourth-order valence-corrected chi connectivity index (χ4v) is 3.09. The van der Waals surface area contributed by atoms with Gasteiger partial charge in [0.1, 0.15) is 0 Å². The monoisotopic (exact) mass is 256 g/mol. The summed E-state index contributed by atoms with van der Waals surface area (Å²) < 4.78 is 5.47. The van der Waals surface area contributed by atoms with E-state index in [2.05, 4.69) is 11.8 Å². The summed E-state index contributed by atoms with van der Waals surface area (Å²) in [5.41, 5.74) is 5.68. The standard InChI is InChI=1S/C15H32N2O/c1-3-6-14(9-10-16)7-4-11-17-12-5-8-15(13-17)18-2/h14-15H,3-13,16H2,1-2H3. The van der Waals surface area contributed by atoms with Crippen LogP contribution in [0.2, 0.25) is 0 Å². The maximum absolute atomic E-state index is 5.68. The van der Waals surface area contributed by atoms with Gasteiger partial charge in [0.25, 0.3) is 0 Å². The predicted octanol–water partition coefficient (Wildman–Crippen LogP) is 2.64. The summed E-state index contributed by atoms with van der Waals surface area (Å²) in [4.78, 5) is 2.57. The second-order valence-corrected chi connectivity index (χ2v) is 5.67. The SMILES string of the molecule is CCCC(CCN)CCCN1CCCC(OC)C1. The van der Waals surface area contributed by atoms with E-state index < -0.39 is 0 Å². The third-order valence-corrected chi connectivity index (χ3v) is 4.15. The highest BCUT2D eigenvalue weighted by atomic mass is 16.5. The maximum Gasteiger partial charge on any atom is 0.0698 e. The van der Waals surface area contributed by atoms with Gasteiger partial charge < -0.3 is 15.4 Å². The lowest BCUT2D eigenvalue weighted by Crippen LogP contribution is -2.39. The fraction of sp³-hybridized carbons (Fsp3) is 1.00. The molecule has 3 heteroatoms. The second kappa shape index (κ2) is 9.76. The Kier molecular flexibility index (Phi) is 8.64. The Morgan fingerprint density at radius 2 is 2.17 bits per heavy atom. The number of rotatable bonds is 9. The van der Waals surface area contributed by atoms with Crippen LogP contribution in [0.4, 0.5) is 0 Å². The van der Waals surface area contributed by atoms with Crippen molar-refractivity contribution < 1.29 is 4.74 Å². The smallest absolute Gasteiger partial charge is 0.0698 e. The van der Waals surface area contributed by atoms with E-state index in [1.807, 2.05) is 7.11 Å². The van der Waals surface area contributed by atoms with E-state index in [1.54, 1.807) is 0 Å². The van der Waals surface area contributed by atoms with E-state index in [1.165, 1.54) is 58.0 Å². The average Bonchev–Trinajstić information content (AvgIpc) is 2.39. The molecule has 0 radical (unpaired) electrons. The Bertz CT molecular complexity index is 193. The van der Waals surface area contributed by atoms with Gasteiger partial charge in [-0.1, -0.05) is 19.8 Å². The molecule has 0 aliphatic carbocycles. The minimum Gasteiger partial charge on any atom is -0.380 e. The van der Waals surface area contributed by atoms with Crippen LogP contribution >= 0.6 is 0 Å². The molecule has 1 rings (SSSR count). The highest BCUT2D eigenvalue weighted by Gasteiger charge is 2.19. The van der Waals surface area contributed by atoms with Gasteiger partial charge in [-0.25, -0.2) is 0 Å². The van der Waals surface area contributed by atoms with Crippen molar-refractivity contribution in [2.75, 3.05) is 33.3 Å². The normalized spacial score (nSPS) is 23.2. The maximum atomic E-state index is 5.68. The fourth-order valence-electron chi connectivity index (χ4n) is 3.09. The number of hydrogen-bond donors (Lipinski definition) is 1. The molecule has 0 aromatic carbocycles. The Labute approximate surface area is 113 Å². The van der Waals surface area contributed by atoms with Crippen molar-refractivity contribution in [3.63, 3.8) is 0 Å². The predicted molar refractivity (Wildman–Crippen MR) is 77.8 cm³/mol. The van der Waals surface area contributed by atoms with Crippen LogP contribution in [-0.2, 0) is 4.74 Å². The first-order valence-corrected chi connectivity index (χ1v) is 7.75. The van der Waals surface area contributed by atoms with E-state index in [0.29, 0.717) is 6.10 Å². The highest BCUT2D eigenvalue weighted by Crippen LogP contribution is 2.18. The van der Waals surface area contributed by atoms with E-state index in [0.717, 1.165) is 19.0 Å². The van der Waals surface area contributed by atoms with Gasteiger partial charge in [-0.15, -0.1) is 0 Å². The summed E-state index contributed by atoms with van der Waals surface area (Å²) >= 11 is 0. The van der Waals surface area contributed by atoms with Gasteiger partial charge in [-0.05, 0) is 57.7 Å². The molecular formula is C15H32N2O. The zero-order valence-corrected chi connectivity index (χ0v) is 12.4. The van der Waals surface area contributed by atoms with Crippen LogP contribution in [0.25, 0.3) is 0 Å². The van der Waals surface area contributed by atoms with Crippen LogP contribution < -0.4 is 5.73 Å². The van der Waals surface area contributed by atoms with Crippen LogP contribution in [0.15, 0.2) is 0 Å². The Morgan fingerprint density at radius 3 is 2.83 bits per heavy atom. The molecular weight excluding hydrogens is 224 g/mol. The van der Waals surface area contributed by atoms with Gasteiger partial charge in [0.2, 0.25) is 0 Å². The molecule has 2 unspecified atom stereocenters. The molecule has 1 aliphatic rings. The lowest BCUT2D eigenvalue weighted by molar-refractivity contribution is 0.0305. The number of ether oxygens (including phenoxy) is 1. The summed E-state index contributed by atoms with van der Waals surface area (Å²) in [6, 6.07) is 0. The summed E-state index contributed by atoms with van der Waals surface area (Å²) in [7, 11) is 1.84. The van der Waals surface area contributed by atoms with Gasteiger partial charge >= 0.3 is 0 Å². The number of piperidine rings is 1. The Morgan fingerprint density at radius 1 is 1.33 bits per heavy atom. The van der Waals surface area contributed by atoms with E-state index in [4.69, 9.17) is 10.5 Å². The molecule has 1 saturated heterocycles. The molecule has 0 aromatic heterocycles.